The molecule has 0 aliphatic heterocycles. The molecule has 0 atom stereocenters. The van der Waals surface area contributed by atoms with Crippen LogP contribution in [-0.4, -0.2) is 28.0 Å². The molecule has 3 aromatic rings. The third kappa shape index (κ3) is 3.63. The van der Waals surface area contributed by atoms with E-state index in [1.165, 1.54) is 10.9 Å². The zero-order chi connectivity index (χ0) is 18.8. The molecule has 2 aromatic heterocycles. The molecule has 1 amide bonds. The molecule has 0 radical (unpaired) electrons. The lowest BCUT2D eigenvalue weighted by Gasteiger charge is -2.07. The largest absolute Gasteiger partial charge is 0.451 e. The van der Waals surface area contributed by atoms with Gasteiger partial charge in [0.15, 0.2) is 6.61 Å². The molecule has 0 saturated carbocycles. The number of nitrogens with zero attached hydrogens (tertiary/aromatic N) is 2. The Morgan fingerprint density at radius 1 is 1.35 bits per heavy atom. The average Bonchev–Trinajstić information content (AvgIpc) is 2.95. The second-order valence-corrected chi connectivity index (χ2v) is 7.66. The molecule has 0 unspecified atom stereocenters. The monoisotopic (exact) mass is 483 g/mol. The lowest BCUT2D eigenvalue weighted by molar-refractivity contribution is -0.119. The summed E-state index contributed by atoms with van der Waals surface area (Å²) in [6.07, 6.45) is 1.41. The fraction of sp³-hybridized carbons (Fsp3) is 0.176. The number of anilines is 1. The lowest BCUT2D eigenvalue weighted by atomic mass is 10.2. The Morgan fingerprint density at radius 3 is 2.81 bits per heavy atom. The van der Waals surface area contributed by atoms with Crippen LogP contribution in [0.2, 0.25) is 0 Å². The molecule has 2 heterocycles. The SMILES string of the molecule is Cc1c(C(=O)OCC(=O)Nc2ccccc2I)sc2ncn(C)c(=O)c12. The number of aryl methyl sites for hydroxylation is 2. The Hall–Kier alpha value is -2.27. The number of rotatable bonds is 4. The number of aromatic nitrogens is 2. The van der Waals surface area contributed by atoms with E-state index in [2.05, 4.69) is 32.9 Å². The first kappa shape index (κ1) is 18.5. The van der Waals surface area contributed by atoms with Crippen LogP contribution < -0.4 is 10.9 Å². The number of hydrogen-bond acceptors (Lipinski definition) is 6. The molecular weight excluding hydrogens is 469 g/mol. The number of ether oxygens (including phenoxy) is 1. The second-order valence-electron chi connectivity index (χ2n) is 5.50. The van der Waals surface area contributed by atoms with Crippen LogP contribution in [0.15, 0.2) is 35.4 Å². The van der Waals surface area contributed by atoms with Gasteiger partial charge >= 0.3 is 5.97 Å². The highest BCUT2D eigenvalue weighted by molar-refractivity contribution is 14.1. The van der Waals surface area contributed by atoms with E-state index < -0.39 is 18.5 Å². The van der Waals surface area contributed by atoms with Gasteiger partial charge in [0.1, 0.15) is 9.71 Å². The van der Waals surface area contributed by atoms with Crippen LogP contribution in [0.5, 0.6) is 0 Å². The maximum absolute atomic E-state index is 12.3. The van der Waals surface area contributed by atoms with Gasteiger partial charge < -0.3 is 14.6 Å². The number of halogens is 1. The van der Waals surface area contributed by atoms with E-state index in [1.54, 1.807) is 26.1 Å². The molecule has 0 aliphatic carbocycles. The Labute approximate surface area is 166 Å². The molecule has 0 fully saturated rings. The third-order valence-electron chi connectivity index (χ3n) is 3.68. The second kappa shape index (κ2) is 7.54. The molecule has 0 aliphatic rings. The molecule has 0 bridgehead atoms. The van der Waals surface area contributed by atoms with Crippen molar-refractivity contribution in [2.24, 2.45) is 7.05 Å². The number of para-hydroxylation sites is 1. The summed E-state index contributed by atoms with van der Waals surface area (Å²) in [7, 11) is 1.60. The summed E-state index contributed by atoms with van der Waals surface area (Å²) in [6.45, 7) is 1.26. The number of hydrogen-bond donors (Lipinski definition) is 1. The smallest absolute Gasteiger partial charge is 0.349 e. The highest BCUT2D eigenvalue weighted by atomic mass is 127. The van der Waals surface area contributed by atoms with E-state index in [0.717, 1.165) is 14.9 Å². The summed E-state index contributed by atoms with van der Waals surface area (Å²) in [5, 5.41) is 3.09. The third-order valence-corrected chi connectivity index (χ3v) is 5.80. The van der Waals surface area contributed by atoms with Crippen molar-refractivity contribution in [2.45, 2.75) is 6.92 Å². The van der Waals surface area contributed by atoms with Crippen LogP contribution in [0.3, 0.4) is 0 Å². The number of carbonyl (C=O) groups is 2. The van der Waals surface area contributed by atoms with Gasteiger partial charge in [0.05, 0.1) is 17.4 Å². The van der Waals surface area contributed by atoms with Crippen LogP contribution in [0.25, 0.3) is 10.2 Å². The van der Waals surface area contributed by atoms with Gasteiger partial charge in [0.2, 0.25) is 0 Å². The maximum atomic E-state index is 12.3. The normalized spacial score (nSPS) is 10.7. The predicted octanol–water partition coefficient (Wildman–Crippen LogP) is 2.70. The summed E-state index contributed by atoms with van der Waals surface area (Å²) in [5.41, 5.74) is 0.945. The van der Waals surface area contributed by atoms with Crippen molar-refractivity contribution in [3.05, 3.63) is 55.0 Å². The first-order valence-electron chi connectivity index (χ1n) is 7.54. The number of thiophene rings is 1. The Kier molecular flexibility index (Phi) is 5.37. The summed E-state index contributed by atoms with van der Waals surface area (Å²) >= 11 is 3.18. The molecule has 134 valence electrons. The molecule has 0 saturated heterocycles. The Morgan fingerprint density at radius 2 is 2.08 bits per heavy atom. The number of esters is 1. The molecule has 1 aromatic carbocycles. The zero-order valence-electron chi connectivity index (χ0n) is 13.9. The van der Waals surface area contributed by atoms with Crippen molar-refractivity contribution in [3.63, 3.8) is 0 Å². The number of nitrogens with one attached hydrogen (secondary N) is 1. The topological polar surface area (TPSA) is 90.3 Å². The van der Waals surface area contributed by atoms with Crippen LogP contribution in [0, 0.1) is 10.5 Å². The molecular formula is C17H14IN3O4S. The van der Waals surface area contributed by atoms with Crippen LogP contribution in [0.4, 0.5) is 5.69 Å². The number of carbonyl (C=O) groups excluding carboxylic acids is 2. The number of fused-ring (bicyclic) bond motifs is 1. The first-order chi connectivity index (χ1) is 12.4. The van der Waals surface area contributed by atoms with E-state index in [-0.39, 0.29) is 10.4 Å². The van der Waals surface area contributed by atoms with Gasteiger partial charge in [0.25, 0.3) is 11.5 Å². The fourth-order valence-electron chi connectivity index (χ4n) is 2.35. The van der Waals surface area contributed by atoms with Crippen LogP contribution in [0.1, 0.15) is 15.2 Å². The average molecular weight is 483 g/mol. The van der Waals surface area contributed by atoms with Crippen molar-refractivity contribution >= 4 is 61.7 Å². The minimum atomic E-state index is -0.648. The summed E-state index contributed by atoms with van der Waals surface area (Å²) in [5.74, 6) is -1.08. The van der Waals surface area contributed by atoms with Gasteiger partial charge in [-0.15, -0.1) is 11.3 Å². The highest BCUT2D eigenvalue weighted by Crippen LogP contribution is 2.27. The minimum absolute atomic E-state index is 0.223. The van der Waals surface area contributed by atoms with E-state index in [1.807, 2.05) is 12.1 Å². The predicted molar refractivity (Wildman–Crippen MR) is 108 cm³/mol. The number of amides is 1. The van der Waals surface area contributed by atoms with Crippen molar-refractivity contribution in [1.29, 1.82) is 0 Å². The van der Waals surface area contributed by atoms with Gasteiger partial charge in [-0.3, -0.25) is 9.59 Å². The number of benzene rings is 1. The van der Waals surface area contributed by atoms with E-state index in [4.69, 9.17) is 4.74 Å². The summed E-state index contributed by atoms with van der Waals surface area (Å²) in [4.78, 5) is 41.4. The van der Waals surface area contributed by atoms with Crippen LogP contribution in [-0.2, 0) is 16.6 Å². The molecule has 3 rings (SSSR count). The zero-order valence-corrected chi connectivity index (χ0v) is 16.9. The van der Waals surface area contributed by atoms with Crippen LogP contribution >= 0.6 is 33.9 Å². The lowest BCUT2D eigenvalue weighted by Crippen LogP contribution is -2.21. The van der Waals surface area contributed by atoms with Gasteiger partial charge in [-0.2, -0.15) is 0 Å². The molecule has 26 heavy (non-hydrogen) atoms. The molecule has 9 heteroatoms. The van der Waals surface area contributed by atoms with Gasteiger partial charge in [0, 0.05) is 10.6 Å². The highest BCUT2D eigenvalue weighted by Gasteiger charge is 2.21. The van der Waals surface area contributed by atoms with E-state index in [0.29, 0.717) is 21.5 Å². The summed E-state index contributed by atoms with van der Waals surface area (Å²) in [6, 6.07) is 7.28. The minimum Gasteiger partial charge on any atom is -0.451 e. The maximum Gasteiger partial charge on any atom is 0.349 e. The van der Waals surface area contributed by atoms with E-state index >= 15 is 0 Å². The van der Waals surface area contributed by atoms with Gasteiger partial charge in [-0.05, 0) is 47.2 Å². The van der Waals surface area contributed by atoms with Gasteiger partial charge in [-0.1, -0.05) is 12.1 Å². The fourth-order valence-corrected chi connectivity index (χ4v) is 3.90. The standard InChI is InChI=1S/C17H14IN3O4S/c1-9-13-15(19-8-21(2)16(13)23)26-14(9)17(24)25-7-12(22)20-11-6-4-3-5-10(11)18/h3-6,8H,7H2,1-2H3,(H,20,22). The molecule has 0 spiro atoms. The summed E-state index contributed by atoms with van der Waals surface area (Å²) < 4.78 is 7.34. The van der Waals surface area contributed by atoms with Crippen molar-refractivity contribution in [2.75, 3.05) is 11.9 Å². The van der Waals surface area contributed by atoms with Gasteiger partial charge in [-0.25, -0.2) is 9.78 Å². The van der Waals surface area contributed by atoms with E-state index in [9.17, 15) is 14.4 Å². The molecule has 1 N–H and O–H groups in total. The van der Waals surface area contributed by atoms with Crippen molar-refractivity contribution in [1.82, 2.24) is 9.55 Å². The quantitative estimate of drug-likeness (QED) is 0.456. The van der Waals surface area contributed by atoms with Crippen molar-refractivity contribution in [3.8, 4) is 0 Å². The van der Waals surface area contributed by atoms with Crippen molar-refractivity contribution < 1.29 is 14.3 Å². The first-order valence-corrected chi connectivity index (χ1v) is 9.44. The Bertz CT molecular complexity index is 1070. The Balaban J connectivity index is 1.73. The molecule has 7 nitrogen and oxygen atoms in total.